The van der Waals surface area contributed by atoms with Crippen LogP contribution >= 0.6 is 11.6 Å². The molecule has 3 rings (SSSR count). The molecule has 1 aromatic carbocycles. The second-order valence-corrected chi connectivity index (χ2v) is 5.80. The minimum Gasteiger partial charge on any atom is -0.396 e. The monoisotopic (exact) mass is 304 g/mol. The van der Waals surface area contributed by atoms with Gasteiger partial charge in [-0.1, -0.05) is 23.7 Å². The number of anilines is 1. The normalized spacial score (nSPS) is 14.2. The summed E-state index contributed by atoms with van der Waals surface area (Å²) in [4.78, 5) is 14.6. The molecule has 0 saturated heterocycles. The minimum atomic E-state index is -0.0649. The van der Waals surface area contributed by atoms with Crippen molar-refractivity contribution in [1.29, 1.82) is 0 Å². The van der Waals surface area contributed by atoms with E-state index in [1.807, 2.05) is 29.2 Å². The summed E-state index contributed by atoms with van der Waals surface area (Å²) in [5.41, 5.74) is 7.80. The van der Waals surface area contributed by atoms with Crippen LogP contribution in [0.2, 0.25) is 5.02 Å². The van der Waals surface area contributed by atoms with Crippen LogP contribution in [0.1, 0.15) is 28.9 Å². The van der Waals surface area contributed by atoms with E-state index in [2.05, 4.69) is 5.10 Å². The van der Waals surface area contributed by atoms with E-state index in [0.29, 0.717) is 29.0 Å². The molecule has 0 aliphatic heterocycles. The lowest BCUT2D eigenvalue weighted by molar-refractivity contribution is 0.0720. The highest BCUT2D eigenvalue weighted by Crippen LogP contribution is 2.30. The van der Waals surface area contributed by atoms with Crippen LogP contribution in [-0.2, 0) is 13.6 Å². The summed E-state index contributed by atoms with van der Waals surface area (Å²) in [6.45, 7) is 0.561. The topological polar surface area (TPSA) is 64.2 Å². The van der Waals surface area contributed by atoms with Gasteiger partial charge in [0.1, 0.15) is 5.69 Å². The first-order chi connectivity index (χ1) is 10.1. The molecule has 1 heterocycles. The summed E-state index contributed by atoms with van der Waals surface area (Å²) in [6.07, 6.45) is 3.59. The van der Waals surface area contributed by atoms with Gasteiger partial charge in [-0.15, -0.1) is 0 Å². The highest BCUT2D eigenvalue weighted by atomic mass is 35.5. The standard InChI is InChI=1S/C15H17ClN4O/c1-19-14(13(17)8-18-19)15(21)20(12-6-7-12)9-10-2-4-11(16)5-3-10/h2-5,8,12H,6-7,9,17H2,1H3. The van der Waals surface area contributed by atoms with Crippen molar-refractivity contribution in [2.45, 2.75) is 25.4 Å². The van der Waals surface area contributed by atoms with Crippen LogP contribution in [-0.4, -0.2) is 26.6 Å². The summed E-state index contributed by atoms with van der Waals surface area (Å²) < 4.78 is 1.54. The summed E-state index contributed by atoms with van der Waals surface area (Å²) in [7, 11) is 1.73. The second kappa shape index (κ2) is 5.41. The van der Waals surface area contributed by atoms with Crippen molar-refractivity contribution in [3.63, 3.8) is 0 Å². The predicted octanol–water partition coefficient (Wildman–Crippen LogP) is 2.46. The Kier molecular flexibility index (Phi) is 3.59. The number of hydrogen-bond acceptors (Lipinski definition) is 3. The summed E-state index contributed by atoms with van der Waals surface area (Å²) in [6, 6.07) is 7.85. The number of rotatable bonds is 4. The van der Waals surface area contributed by atoms with Gasteiger partial charge in [-0.2, -0.15) is 5.10 Å². The molecule has 21 heavy (non-hydrogen) atoms. The Morgan fingerprint density at radius 2 is 2.10 bits per heavy atom. The first-order valence-corrected chi connectivity index (χ1v) is 7.27. The van der Waals surface area contributed by atoms with E-state index in [0.717, 1.165) is 18.4 Å². The Morgan fingerprint density at radius 1 is 1.43 bits per heavy atom. The quantitative estimate of drug-likeness (QED) is 0.943. The number of hydrogen-bond donors (Lipinski definition) is 1. The lowest BCUT2D eigenvalue weighted by atomic mass is 10.2. The van der Waals surface area contributed by atoms with Gasteiger partial charge in [0.2, 0.25) is 0 Å². The van der Waals surface area contributed by atoms with E-state index in [1.54, 1.807) is 7.05 Å². The number of carbonyl (C=O) groups excluding carboxylic acids is 1. The molecule has 1 aliphatic carbocycles. The zero-order valence-electron chi connectivity index (χ0n) is 11.8. The lowest BCUT2D eigenvalue weighted by Crippen LogP contribution is -2.34. The van der Waals surface area contributed by atoms with Crippen molar-refractivity contribution in [3.05, 3.63) is 46.7 Å². The molecular formula is C15H17ClN4O. The maximum atomic E-state index is 12.8. The number of nitrogens with zero attached hydrogens (tertiary/aromatic N) is 3. The molecule has 2 N–H and O–H groups in total. The second-order valence-electron chi connectivity index (χ2n) is 5.36. The fourth-order valence-electron chi connectivity index (χ4n) is 2.39. The Labute approximate surface area is 128 Å². The largest absolute Gasteiger partial charge is 0.396 e. The maximum Gasteiger partial charge on any atom is 0.274 e. The van der Waals surface area contributed by atoms with Crippen LogP contribution in [0.3, 0.4) is 0 Å². The van der Waals surface area contributed by atoms with Gasteiger partial charge in [0.05, 0.1) is 11.9 Å². The van der Waals surface area contributed by atoms with Gasteiger partial charge >= 0.3 is 0 Å². The number of amides is 1. The molecule has 1 aliphatic rings. The Morgan fingerprint density at radius 3 is 2.62 bits per heavy atom. The van der Waals surface area contributed by atoms with Gasteiger partial charge in [0.15, 0.2) is 0 Å². The van der Waals surface area contributed by atoms with Crippen molar-refractivity contribution in [2.24, 2.45) is 7.05 Å². The van der Waals surface area contributed by atoms with E-state index in [9.17, 15) is 4.79 Å². The van der Waals surface area contributed by atoms with E-state index in [4.69, 9.17) is 17.3 Å². The molecule has 5 nitrogen and oxygen atoms in total. The number of nitrogen functional groups attached to an aromatic ring is 1. The van der Waals surface area contributed by atoms with Crippen LogP contribution in [0.4, 0.5) is 5.69 Å². The van der Waals surface area contributed by atoms with E-state index >= 15 is 0 Å². The zero-order valence-corrected chi connectivity index (χ0v) is 12.5. The van der Waals surface area contributed by atoms with Gasteiger partial charge < -0.3 is 10.6 Å². The number of carbonyl (C=O) groups is 1. The first kappa shape index (κ1) is 13.9. The van der Waals surface area contributed by atoms with Crippen molar-refractivity contribution >= 4 is 23.2 Å². The van der Waals surface area contributed by atoms with Crippen molar-refractivity contribution < 1.29 is 4.79 Å². The molecule has 0 atom stereocenters. The highest BCUT2D eigenvalue weighted by Gasteiger charge is 2.34. The van der Waals surface area contributed by atoms with Crippen LogP contribution in [0.15, 0.2) is 30.5 Å². The van der Waals surface area contributed by atoms with Crippen LogP contribution in [0, 0.1) is 0 Å². The molecule has 1 fully saturated rings. The van der Waals surface area contributed by atoms with Crippen LogP contribution in [0.5, 0.6) is 0 Å². The van der Waals surface area contributed by atoms with Crippen molar-refractivity contribution in [2.75, 3.05) is 5.73 Å². The van der Waals surface area contributed by atoms with Gasteiger partial charge in [0.25, 0.3) is 5.91 Å². The molecule has 1 saturated carbocycles. The lowest BCUT2D eigenvalue weighted by Gasteiger charge is -2.23. The Hall–Kier alpha value is -2.01. The Balaban J connectivity index is 1.85. The summed E-state index contributed by atoms with van der Waals surface area (Å²) in [5.74, 6) is -0.0649. The smallest absolute Gasteiger partial charge is 0.274 e. The third-order valence-corrected chi connectivity index (χ3v) is 3.94. The molecule has 2 aromatic rings. The first-order valence-electron chi connectivity index (χ1n) is 6.89. The van der Waals surface area contributed by atoms with Gasteiger partial charge in [-0.25, -0.2) is 0 Å². The number of aromatic nitrogens is 2. The molecule has 6 heteroatoms. The molecule has 0 spiro atoms. The fourth-order valence-corrected chi connectivity index (χ4v) is 2.52. The average molecular weight is 305 g/mol. The fraction of sp³-hybridized carbons (Fsp3) is 0.333. The number of halogens is 1. The average Bonchev–Trinajstić information content (AvgIpc) is 3.24. The summed E-state index contributed by atoms with van der Waals surface area (Å²) in [5, 5.41) is 4.74. The number of nitrogens with two attached hydrogens (primary N) is 1. The Bertz CT molecular complexity index is 641. The van der Waals surface area contributed by atoms with Crippen LogP contribution in [0.25, 0.3) is 0 Å². The SMILES string of the molecule is Cn1ncc(N)c1C(=O)N(Cc1ccc(Cl)cc1)C1CC1. The zero-order chi connectivity index (χ0) is 15.0. The van der Waals surface area contributed by atoms with Gasteiger partial charge in [-0.05, 0) is 30.5 Å². The molecule has 0 bridgehead atoms. The molecule has 0 radical (unpaired) electrons. The van der Waals surface area contributed by atoms with Crippen LogP contribution < -0.4 is 5.73 Å². The van der Waals surface area contributed by atoms with E-state index < -0.39 is 0 Å². The summed E-state index contributed by atoms with van der Waals surface area (Å²) >= 11 is 5.90. The molecule has 1 aromatic heterocycles. The molecular weight excluding hydrogens is 288 g/mol. The van der Waals surface area contributed by atoms with E-state index in [1.165, 1.54) is 10.9 Å². The maximum absolute atomic E-state index is 12.8. The van der Waals surface area contributed by atoms with E-state index in [-0.39, 0.29) is 5.91 Å². The minimum absolute atomic E-state index is 0.0649. The van der Waals surface area contributed by atoms with Crippen molar-refractivity contribution in [3.8, 4) is 0 Å². The van der Waals surface area contributed by atoms with Gasteiger partial charge in [-0.3, -0.25) is 9.48 Å². The molecule has 110 valence electrons. The molecule has 0 unspecified atom stereocenters. The highest BCUT2D eigenvalue weighted by molar-refractivity contribution is 6.30. The van der Waals surface area contributed by atoms with Crippen molar-refractivity contribution in [1.82, 2.24) is 14.7 Å². The third-order valence-electron chi connectivity index (χ3n) is 3.68. The molecule has 1 amide bonds. The van der Waals surface area contributed by atoms with Gasteiger partial charge in [0, 0.05) is 24.7 Å². The third kappa shape index (κ3) is 2.88. The number of aryl methyl sites for hydroxylation is 1. The number of benzene rings is 1. The predicted molar refractivity (Wildman–Crippen MR) is 82.0 cm³/mol.